The van der Waals surface area contributed by atoms with E-state index in [1.807, 2.05) is 6.92 Å². The van der Waals surface area contributed by atoms with Gasteiger partial charge in [0.1, 0.15) is 5.82 Å². The van der Waals surface area contributed by atoms with Gasteiger partial charge in [0.15, 0.2) is 0 Å². The number of rotatable bonds is 7. The van der Waals surface area contributed by atoms with Crippen LogP contribution in [0, 0.1) is 5.82 Å². The summed E-state index contributed by atoms with van der Waals surface area (Å²) < 4.78 is 56.0. The van der Waals surface area contributed by atoms with Gasteiger partial charge in [0.2, 0.25) is 0 Å². The molecule has 1 aromatic carbocycles. The molecule has 0 unspecified atom stereocenters. The van der Waals surface area contributed by atoms with Crippen LogP contribution in [0.25, 0.3) is 0 Å². The monoisotopic (exact) mass is 302 g/mol. The van der Waals surface area contributed by atoms with Crippen LogP contribution in [0.15, 0.2) is 18.2 Å². The molecular formula is C12H16BF4KO. The molecule has 0 atom stereocenters. The molecule has 7 heteroatoms. The van der Waals surface area contributed by atoms with Gasteiger partial charge in [0.05, 0.1) is 12.4 Å². The Labute approximate surface area is 153 Å². The van der Waals surface area contributed by atoms with E-state index in [2.05, 4.69) is 0 Å². The molecular weight excluding hydrogens is 286 g/mol. The van der Waals surface area contributed by atoms with Gasteiger partial charge in [-0.1, -0.05) is 37.7 Å². The smallest absolute Gasteiger partial charge is 0.496 e. The van der Waals surface area contributed by atoms with Gasteiger partial charge in [-0.25, -0.2) is 4.39 Å². The average Bonchev–Trinajstić information content (AvgIpc) is 2.27. The number of ether oxygens (including phenoxy) is 1. The number of benzene rings is 1. The molecule has 0 aliphatic carbocycles. The second kappa shape index (κ2) is 9.39. The molecule has 19 heavy (non-hydrogen) atoms. The first kappa shape index (κ1) is 19.4. The molecule has 1 aromatic rings. The summed E-state index contributed by atoms with van der Waals surface area (Å²) >= 11 is 0. The topological polar surface area (TPSA) is 9.23 Å². The van der Waals surface area contributed by atoms with Crippen molar-refractivity contribution in [2.75, 3.05) is 6.61 Å². The fourth-order valence-corrected chi connectivity index (χ4v) is 1.61. The van der Waals surface area contributed by atoms with Gasteiger partial charge in [0, 0.05) is 6.07 Å². The van der Waals surface area contributed by atoms with E-state index in [1.165, 1.54) is 0 Å². The molecule has 0 N–H and O–H groups in total. The van der Waals surface area contributed by atoms with Crippen LogP contribution in [0.2, 0.25) is 0 Å². The number of hydrogen-bond acceptors (Lipinski definition) is 1. The Hall–Kier alpha value is 0.441. The molecule has 0 aliphatic rings. The van der Waals surface area contributed by atoms with Crippen LogP contribution in [0.1, 0.15) is 32.6 Å². The summed E-state index contributed by atoms with van der Waals surface area (Å²) in [5.74, 6) is -1.12. The molecule has 0 aliphatic heterocycles. The summed E-state index contributed by atoms with van der Waals surface area (Å²) in [6.45, 7) is -2.95. The van der Waals surface area contributed by atoms with Crippen molar-refractivity contribution < 1.29 is 73.5 Å². The zero-order valence-electron chi connectivity index (χ0n) is 11.3. The zero-order chi connectivity index (χ0) is 13.6. The summed E-state index contributed by atoms with van der Waals surface area (Å²) in [6.07, 6.45) is 3.63. The Balaban J connectivity index is 0.00000324. The maximum atomic E-state index is 12.9. The van der Waals surface area contributed by atoms with Crippen molar-refractivity contribution in [2.45, 2.75) is 32.6 Å². The van der Waals surface area contributed by atoms with Gasteiger partial charge in [-0.05, 0) is 12.5 Å². The molecule has 0 saturated carbocycles. The normalized spacial score (nSPS) is 11.0. The quantitative estimate of drug-likeness (QED) is 0.412. The standard InChI is InChI=1S/C12H16BF4O.K/c1-2-3-4-5-8-18-12-9-10(14)6-7-11(12)13(15,16)17;/h6-7,9H,2-5,8H2,1H3;/q-1;+1. The molecule has 0 fully saturated rings. The first-order valence-corrected chi connectivity index (χ1v) is 6.07. The Kier molecular flexibility index (Phi) is 9.61. The number of hydrogen-bond donors (Lipinski definition) is 0. The molecule has 0 aromatic heterocycles. The Morgan fingerprint density at radius 2 is 1.79 bits per heavy atom. The molecule has 0 heterocycles. The van der Waals surface area contributed by atoms with E-state index < -0.39 is 24.0 Å². The number of halogens is 4. The van der Waals surface area contributed by atoms with Crippen molar-refractivity contribution in [2.24, 2.45) is 0 Å². The van der Waals surface area contributed by atoms with Crippen molar-refractivity contribution in [1.29, 1.82) is 0 Å². The van der Waals surface area contributed by atoms with E-state index in [0.717, 1.165) is 37.5 Å². The average molecular weight is 302 g/mol. The largest absolute Gasteiger partial charge is 1.00 e. The van der Waals surface area contributed by atoms with Gasteiger partial charge in [-0.3, -0.25) is 0 Å². The van der Waals surface area contributed by atoms with Gasteiger partial charge in [-0.15, -0.1) is 0 Å². The fourth-order valence-electron chi connectivity index (χ4n) is 1.61. The van der Waals surface area contributed by atoms with Crippen LogP contribution in [-0.2, 0) is 0 Å². The summed E-state index contributed by atoms with van der Waals surface area (Å²) in [5, 5.41) is 0. The van der Waals surface area contributed by atoms with Gasteiger partial charge < -0.3 is 17.7 Å². The van der Waals surface area contributed by atoms with Crippen LogP contribution in [0.5, 0.6) is 5.75 Å². The van der Waals surface area contributed by atoms with E-state index in [9.17, 15) is 17.3 Å². The first-order chi connectivity index (χ1) is 8.45. The minimum atomic E-state index is -5.17. The molecule has 102 valence electrons. The zero-order valence-corrected chi connectivity index (χ0v) is 14.4. The van der Waals surface area contributed by atoms with Gasteiger partial charge in [-0.2, -0.15) is 0 Å². The second-order valence-electron chi connectivity index (χ2n) is 4.17. The molecule has 0 amide bonds. The predicted octanol–water partition coefficient (Wildman–Crippen LogP) is 0.843. The second-order valence-corrected chi connectivity index (χ2v) is 4.17. The third-order valence-electron chi connectivity index (χ3n) is 2.58. The summed E-state index contributed by atoms with van der Waals surface area (Å²) in [6, 6.07) is 2.33. The van der Waals surface area contributed by atoms with Crippen molar-refractivity contribution in [3.63, 3.8) is 0 Å². The summed E-state index contributed by atoms with van der Waals surface area (Å²) in [4.78, 5) is 0. The third kappa shape index (κ3) is 7.13. The Morgan fingerprint density at radius 3 is 2.37 bits per heavy atom. The van der Waals surface area contributed by atoms with E-state index in [-0.39, 0.29) is 58.0 Å². The van der Waals surface area contributed by atoms with Crippen LogP contribution in [-0.4, -0.2) is 13.6 Å². The molecule has 0 bridgehead atoms. The Bertz CT molecular complexity index is 384. The fraction of sp³-hybridized carbons (Fsp3) is 0.500. The maximum absolute atomic E-state index is 12.9. The first-order valence-electron chi connectivity index (χ1n) is 6.07. The van der Waals surface area contributed by atoms with Gasteiger partial charge in [0.25, 0.3) is 0 Å². The molecule has 0 spiro atoms. The van der Waals surface area contributed by atoms with Crippen LogP contribution in [0.3, 0.4) is 0 Å². The Morgan fingerprint density at radius 1 is 1.11 bits per heavy atom. The predicted molar refractivity (Wildman–Crippen MR) is 64.7 cm³/mol. The van der Waals surface area contributed by atoms with Crippen LogP contribution in [0.4, 0.5) is 17.3 Å². The summed E-state index contributed by atoms with van der Waals surface area (Å²) in [5.41, 5.74) is -0.869. The molecule has 0 radical (unpaired) electrons. The van der Waals surface area contributed by atoms with E-state index in [4.69, 9.17) is 4.74 Å². The molecule has 1 nitrogen and oxygen atoms in total. The van der Waals surface area contributed by atoms with Crippen molar-refractivity contribution in [1.82, 2.24) is 0 Å². The van der Waals surface area contributed by atoms with Gasteiger partial charge >= 0.3 is 58.4 Å². The van der Waals surface area contributed by atoms with Crippen molar-refractivity contribution in [3.05, 3.63) is 24.0 Å². The maximum Gasteiger partial charge on any atom is 1.00 e. The molecule has 0 saturated heterocycles. The number of unbranched alkanes of at least 4 members (excludes halogenated alkanes) is 3. The SMILES string of the molecule is CCCCCCOc1cc(F)ccc1[B-](F)(F)F.[K+]. The van der Waals surface area contributed by atoms with E-state index >= 15 is 0 Å². The summed E-state index contributed by atoms with van der Waals surface area (Å²) in [7, 11) is 0. The van der Waals surface area contributed by atoms with Crippen LogP contribution >= 0.6 is 0 Å². The van der Waals surface area contributed by atoms with Crippen molar-refractivity contribution in [3.8, 4) is 5.75 Å². The van der Waals surface area contributed by atoms with Crippen molar-refractivity contribution >= 4 is 12.4 Å². The van der Waals surface area contributed by atoms with E-state index in [0.29, 0.717) is 6.42 Å². The minimum absolute atomic E-state index is 0. The minimum Gasteiger partial charge on any atom is -0.496 e. The van der Waals surface area contributed by atoms with Crippen LogP contribution < -0.4 is 61.6 Å². The van der Waals surface area contributed by atoms with E-state index in [1.54, 1.807) is 0 Å². The third-order valence-corrected chi connectivity index (χ3v) is 2.58. The molecule has 1 rings (SSSR count).